The zero-order valence-corrected chi connectivity index (χ0v) is 9.58. The lowest BCUT2D eigenvalue weighted by Gasteiger charge is -2.32. The van der Waals surface area contributed by atoms with Crippen LogP contribution in [0.5, 0.6) is 0 Å². The van der Waals surface area contributed by atoms with Crippen molar-refractivity contribution >= 4 is 0 Å². The number of nitrogens with one attached hydrogen (secondary N) is 1. The molecule has 1 N–H and O–H groups in total. The second-order valence-electron chi connectivity index (χ2n) is 4.31. The lowest BCUT2D eigenvalue weighted by molar-refractivity contribution is -0.0273. The average molecular weight is 223 g/mol. The zero-order valence-electron chi connectivity index (χ0n) is 9.58. The highest BCUT2D eigenvalue weighted by molar-refractivity contribution is 5.20. The Morgan fingerprint density at radius 1 is 1.50 bits per heavy atom. The molecule has 3 heteroatoms. The highest BCUT2D eigenvalue weighted by atomic mass is 19.1. The fourth-order valence-electron chi connectivity index (χ4n) is 2.37. The van der Waals surface area contributed by atoms with Crippen LogP contribution in [0.25, 0.3) is 0 Å². The van der Waals surface area contributed by atoms with Gasteiger partial charge in [-0.1, -0.05) is 12.1 Å². The zero-order chi connectivity index (χ0) is 11.4. The van der Waals surface area contributed by atoms with E-state index in [1.54, 1.807) is 12.1 Å². The van der Waals surface area contributed by atoms with Gasteiger partial charge in [0.05, 0.1) is 6.10 Å². The Hall–Kier alpha value is -0.930. The van der Waals surface area contributed by atoms with Crippen LogP contribution >= 0.6 is 0 Å². The SMILES string of the molecule is CNCC1CCCOC1c1cccc(F)c1. The van der Waals surface area contributed by atoms with Gasteiger partial charge in [0.1, 0.15) is 5.82 Å². The molecular weight excluding hydrogens is 205 g/mol. The third-order valence-corrected chi connectivity index (χ3v) is 3.09. The molecule has 0 aliphatic carbocycles. The normalized spacial score (nSPS) is 25.6. The van der Waals surface area contributed by atoms with Crippen LogP contribution in [0.2, 0.25) is 0 Å². The van der Waals surface area contributed by atoms with Gasteiger partial charge in [-0.25, -0.2) is 4.39 Å². The minimum absolute atomic E-state index is 0.0388. The minimum atomic E-state index is -0.185. The Kier molecular flexibility index (Phi) is 3.91. The van der Waals surface area contributed by atoms with Crippen molar-refractivity contribution < 1.29 is 9.13 Å². The largest absolute Gasteiger partial charge is 0.373 e. The predicted molar refractivity (Wildman–Crippen MR) is 61.7 cm³/mol. The number of hydrogen-bond donors (Lipinski definition) is 1. The first-order valence-electron chi connectivity index (χ1n) is 5.83. The van der Waals surface area contributed by atoms with Gasteiger partial charge in [-0.05, 0) is 37.6 Å². The lowest BCUT2D eigenvalue weighted by Crippen LogP contribution is -2.30. The highest BCUT2D eigenvalue weighted by Crippen LogP contribution is 2.33. The summed E-state index contributed by atoms with van der Waals surface area (Å²) in [5.74, 6) is 0.260. The molecule has 1 aromatic carbocycles. The average Bonchev–Trinajstić information content (AvgIpc) is 2.30. The maximum absolute atomic E-state index is 13.2. The van der Waals surface area contributed by atoms with Crippen LogP contribution in [0, 0.1) is 11.7 Å². The number of hydrogen-bond acceptors (Lipinski definition) is 2. The van der Waals surface area contributed by atoms with Crippen molar-refractivity contribution in [1.29, 1.82) is 0 Å². The molecule has 2 atom stereocenters. The maximum atomic E-state index is 13.2. The molecule has 0 bridgehead atoms. The smallest absolute Gasteiger partial charge is 0.123 e. The summed E-state index contributed by atoms with van der Waals surface area (Å²) in [6, 6.07) is 6.75. The Balaban J connectivity index is 2.16. The van der Waals surface area contributed by atoms with E-state index in [1.165, 1.54) is 6.07 Å². The van der Waals surface area contributed by atoms with Gasteiger partial charge in [0.25, 0.3) is 0 Å². The van der Waals surface area contributed by atoms with Gasteiger partial charge in [0.15, 0.2) is 0 Å². The van der Waals surface area contributed by atoms with Gasteiger partial charge in [-0.3, -0.25) is 0 Å². The van der Waals surface area contributed by atoms with Gasteiger partial charge in [-0.15, -0.1) is 0 Å². The van der Waals surface area contributed by atoms with Gasteiger partial charge in [0.2, 0.25) is 0 Å². The summed E-state index contributed by atoms with van der Waals surface area (Å²) in [5.41, 5.74) is 0.958. The second kappa shape index (κ2) is 5.41. The Morgan fingerprint density at radius 3 is 3.12 bits per heavy atom. The standard InChI is InChI=1S/C13H18FNO/c1-15-9-11-5-3-7-16-13(11)10-4-2-6-12(14)8-10/h2,4,6,8,11,13,15H,3,5,7,9H2,1H3. The molecule has 1 aliphatic heterocycles. The molecule has 2 rings (SSSR count). The summed E-state index contributed by atoms with van der Waals surface area (Å²) in [6.07, 6.45) is 2.28. The van der Waals surface area contributed by atoms with Crippen LogP contribution < -0.4 is 5.32 Å². The predicted octanol–water partition coefficient (Wildman–Crippen LogP) is 2.51. The third kappa shape index (κ3) is 2.60. The van der Waals surface area contributed by atoms with E-state index < -0.39 is 0 Å². The second-order valence-corrected chi connectivity index (χ2v) is 4.31. The molecule has 0 spiro atoms. The van der Waals surface area contributed by atoms with Crippen LogP contribution in [0.15, 0.2) is 24.3 Å². The lowest BCUT2D eigenvalue weighted by atomic mass is 9.89. The molecule has 1 fully saturated rings. The number of ether oxygens (including phenoxy) is 1. The van der Waals surface area contributed by atoms with Crippen LogP contribution in [0.3, 0.4) is 0 Å². The molecule has 1 saturated heterocycles. The van der Waals surface area contributed by atoms with Crippen molar-refractivity contribution in [2.75, 3.05) is 20.2 Å². The van der Waals surface area contributed by atoms with Crippen LogP contribution in [0.4, 0.5) is 4.39 Å². The van der Waals surface area contributed by atoms with E-state index >= 15 is 0 Å². The highest BCUT2D eigenvalue weighted by Gasteiger charge is 2.26. The Bertz CT molecular complexity index is 340. The molecule has 0 radical (unpaired) electrons. The fourth-order valence-corrected chi connectivity index (χ4v) is 2.37. The van der Waals surface area contributed by atoms with Crippen LogP contribution in [0.1, 0.15) is 24.5 Å². The maximum Gasteiger partial charge on any atom is 0.123 e. The van der Waals surface area contributed by atoms with Crippen molar-refractivity contribution in [3.8, 4) is 0 Å². The summed E-state index contributed by atoms with van der Waals surface area (Å²) in [7, 11) is 1.94. The van der Waals surface area contributed by atoms with E-state index in [0.717, 1.165) is 31.6 Å². The van der Waals surface area contributed by atoms with E-state index in [9.17, 15) is 4.39 Å². The van der Waals surface area contributed by atoms with E-state index in [0.29, 0.717) is 5.92 Å². The molecule has 0 amide bonds. The number of halogens is 1. The monoisotopic (exact) mass is 223 g/mol. The topological polar surface area (TPSA) is 21.3 Å². The quantitative estimate of drug-likeness (QED) is 0.850. The summed E-state index contributed by atoms with van der Waals surface area (Å²) >= 11 is 0. The van der Waals surface area contributed by atoms with E-state index in [-0.39, 0.29) is 11.9 Å². The summed E-state index contributed by atoms with van der Waals surface area (Å²) in [4.78, 5) is 0. The molecule has 2 unspecified atom stereocenters. The van der Waals surface area contributed by atoms with E-state index in [4.69, 9.17) is 4.74 Å². The van der Waals surface area contributed by atoms with E-state index in [2.05, 4.69) is 5.32 Å². The molecule has 1 heterocycles. The molecule has 0 aromatic heterocycles. The third-order valence-electron chi connectivity index (χ3n) is 3.09. The van der Waals surface area contributed by atoms with Gasteiger partial charge in [0, 0.05) is 19.1 Å². The van der Waals surface area contributed by atoms with Gasteiger partial charge in [-0.2, -0.15) is 0 Å². The van der Waals surface area contributed by atoms with Gasteiger partial charge < -0.3 is 10.1 Å². The summed E-state index contributed by atoms with van der Waals surface area (Å²) in [6.45, 7) is 1.70. The first-order chi connectivity index (χ1) is 7.81. The number of benzene rings is 1. The van der Waals surface area contributed by atoms with Crippen molar-refractivity contribution in [3.05, 3.63) is 35.6 Å². The first-order valence-corrected chi connectivity index (χ1v) is 5.83. The Morgan fingerprint density at radius 2 is 2.38 bits per heavy atom. The summed E-state index contributed by atoms with van der Waals surface area (Å²) < 4.78 is 18.9. The van der Waals surface area contributed by atoms with Crippen LogP contribution in [-0.4, -0.2) is 20.2 Å². The van der Waals surface area contributed by atoms with Crippen LogP contribution in [-0.2, 0) is 4.74 Å². The van der Waals surface area contributed by atoms with Crippen molar-refractivity contribution in [1.82, 2.24) is 5.32 Å². The molecule has 16 heavy (non-hydrogen) atoms. The molecule has 1 aromatic rings. The minimum Gasteiger partial charge on any atom is -0.373 e. The first kappa shape index (κ1) is 11.6. The summed E-state index contributed by atoms with van der Waals surface area (Å²) in [5, 5.41) is 3.18. The van der Waals surface area contributed by atoms with E-state index in [1.807, 2.05) is 13.1 Å². The molecular formula is C13H18FNO. The van der Waals surface area contributed by atoms with Gasteiger partial charge >= 0.3 is 0 Å². The van der Waals surface area contributed by atoms with Crippen molar-refractivity contribution in [2.24, 2.45) is 5.92 Å². The molecule has 1 aliphatic rings. The molecule has 88 valence electrons. The molecule has 2 nitrogen and oxygen atoms in total. The number of rotatable bonds is 3. The fraction of sp³-hybridized carbons (Fsp3) is 0.538. The Labute approximate surface area is 95.8 Å². The van der Waals surface area contributed by atoms with Crippen molar-refractivity contribution in [2.45, 2.75) is 18.9 Å². The van der Waals surface area contributed by atoms with Crippen molar-refractivity contribution in [3.63, 3.8) is 0 Å². The molecule has 0 saturated carbocycles.